The predicted octanol–water partition coefficient (Wildman–Crippen LogP) is 4.61. The third-order valence-electron chi connectivity index (χ3n) is 7.19. The van der Waals surface area contributed by atoms with E-state index in [0.717, 1.165) is 30.4 Å². The molecular formula is C27H30N2O5. The van der Waals surface area contributed by atoms with Crippen molar-refractivity contribution >= 4 is 22.8 Å². The van der Waals surface area contributed by atoms with Crippen molar-refractivity contribution in [3.63, 3.8) is 0 Å². The van der Waals surface area contributed by atoms with Gasteiger partial charge in [-0.1, -0.05) is 12.1 Å². The molecule has 1 spiro atoms. The average Bonchev–Trinajstić information content (AvgIpc) is 3.49. The lowest BCUT2D eigenvalue weighted by atomic mass is 9.77. The maximum absolute atomic E-state index is 13.2. The SMILES string of the molecule is CCOc1ccc(C(=O)N2CCC3(CC2)CCN(C(=O)c2cc4cccc(OC)c4o2)C3)cc1. The molecule has 2 saturated heterocycles. The maximum atomic E-state index is 13.2. The summed E-state index contributed by atoms with van der Waals surface area (Å²) in [6.45, 7) is 5.36. The molecule has 0 bridgehead atoms. The van der Waals surface area contributed by atoms with Gasteiger partial charge in [-0.25, -0.2) is 0 Å². The fraction of sp³-hybridized carbons (Fsp3) is 0.407. The Morgan fingerprint density at radius 3 is 2.35 bits per heavy atom. The van der Waals surface area contributed by atoms with Gasteiger partial charge in [0.05, 0.1) is 13.7 Å². The lowest BCUT2D eigenvalue weighted by Crippen LogP contribution is -2.44. The number of likely N-dealkylation sites (tertiary alicyclic amines) is 2. The zero-order valence-corrected chi connectivity index (χ0v) is 19.7. The van der Waals surface area contributed by atoms with E-state index in [1.54, 1.807) is 13.2 Å². The van der Waals surface area contributed by atoms with Gasteiger partial charge in [0.15, 0.2) is 17.1 Å². The van der Waals surface area contributed by atoms with Crippen molar-refractivity contribution in [3.05, 3.63) is 59.9 Å². The van der Waals surface area contributed by atoms with Crippen molar-refractivity contribution in [3.8, 4) is 11.5 Å². The summed E-state index contributed by atoms with van der Waals surface area (Å²) >= 11 is 0. The number of furan rings is 1. The quantitative estimate of drug-likeness (QED) is 0.554. The molecular weight excluding hydrogens is 432 g/mol. The zero-order valence-electron chi connectivity index (χ0n) is 19.7. The van der Waals surface area contributed by atoms with Crippen LogP contribution in [0.25, 0.3) is 11.0 Å². The van der Waals surface area contributed by atoms with Crippen molar-refractivity contribution < 1.29 is 23.5 Å². The zero-order chi connectivity index (χ0) is 23.7. The normalized spacial score (nSPS) is 17.4. The summed E-state index contributed by atoms with van der Waals surface area (Å²) in [5, 5.41) is 0.859. The predicted molar refractivity (Wildman–Crippen MR) is 128 cm³/mol. The fourth-order valence-electron chi connectivity index (χ4n) is 5.20. The van der Waals surface area contributed by atoms with E-state index in [0.29, 0.717) is 55.4 Å². The third-order valence-corrected chi connectivity index (χ3v) is 7.19. The summed E-state index contributed by atoms with van der Waals surface area (Å²) in [5.41, 5.74) is 1.35. The van der Waals surface area contributed by atoms with Gasteiger partial charge in [-0.15, -0.1) is 0 Å². The molecule has 2 aliphatic rings. The molecule has 0 saturated carbocycles. The van der Waals surface area contributed by atoms with Crippen LogP contribution in [0.15, 0.2) is 52.9 Å². The highest BCUT2D eigenvalue weighted by Crippen LogP contribution is 2.41. The second kappa shape index (κ2) is 9.05. The van der Waals surface area contributed by atoms with Gasteiger partial charge in [0.25, 0.3) is 11.8 Å². The molecule has 7 nitrogen and oxygen atoms in total. The number of hydrogen-bond donors (Lipinski definition) is 0. The number of ether oxygens (including phenoxy) is 2. The van der Waals surface area contributed by atoms with E-state index < -0.39 is 0 Å². The Kier molecular flexibility index (Phi) is 5.94. The fourth-order valence-corrected chi connectivity index (χ4v) is 5.20. The van der Waals surface area contributed by atoms with Gasteiger partial charge < -0.3 is 23.7 Å². The van der Waals surface area contributed by atoms with Crippen molar-refractivity contribution in [1.29, 1.82) is 0 Å². The van der Waals surface area contributed by atoms with Crippen LogP contribution in [0.4, 0.5) is 0 Å². The van der Waals surface area contributed by atoms with E-state index in [9.17, 15) is 9.59 Å². The minimum Gasteiger partial charge on any atom is -0.494 e. The largest absolute Gasteiger partial charge is 0.494 e. The number of piperidine rings is 1. The number of amides is 2. The number of rotatable bonds is 5. The molecule has 2 amide bonds. The van der Waals surface area contributed by atoms with Crippen molar-refractivity contribution in [2.24, 2.45) is 5.41 Å². The molecule has 1 aromatic heterocycles. The Bertz CT molecular complexity index is 1190. The lowest BCUT2D eigenvalue weighted by Gasteiger charge is -2.39. The maximum Gasteiger partial charge on any atom is 0.289 e. The van der Waals surface area contributed by atoms with Crippen LogP contribution >= 0.6 is 0 Å². The first kappa shape index (κ1) is 22.3. The molecule has 2 aromatic carbocycles. The number of carbonyl (C=O) groups is 2. The van der Waals surface area contributed by atoms with Gasteiger partial charge in [-0.3, -0.25) is 9.59 Å². The van der Waals surface area contributed by atoms with Gasteiger partial charge in [0, 0.05) is 37.1 Å². The van der Waals surface area contributed by atoms with E-state index in [2.05, 4.69) is 0 Å². The number of methoxy groups -OCH3 is 1. The van der Waals surface area contributed by atoms with E-state index in [-0.39, 0.29) is 17.2 Å². The number of benzene rings is 2. The Balaban J connectivity index is 1.21. The molecule has 0 N–H and O–H groups in total. The Labute approximate surface area is 199 Å². The van der Waals surface area contributed by atoms with Gasteiger partial charge in [0.1, 0.15) is 5.75 Å². The smallest absolute Gasteiger partial charge is 0.289 e. The van der Waals surface area contributed by atoms with Crippen molar-refractivity contribution in [1.82, 2.24) is 9.80 Å². The molecule has 3 heterocycles. The van der Waals surface area contributed by atoms with Crippen LogP contribution in [0.2, 0.25) is 0 Å². The highest BCUT2D eigenvalue weighted by molar-refractivity contribution is 5.97. The molecule has 178 valence electrons. The first-order valence-corrected chi connectivity index (χ1v) is 11.9. The Morgan fingerprint density at radius 2 is 1.68 bits per heavy atom. The van der Waals surface area contributed by atoms with Crippen molar-refractivity contribution in [2.45, 2.75) is 26.2 Å². The van der Waals surface area contributed by atoms with Gasteiger partial charge in [-0.2, -0.15) is 0 Å². The summed E-state index contributed by atoms with van der Waals surface area (Å²) in [6, 6.07) is 14.8. The van der Waals surface area contributed by atoms with Crippen LogP contribution in [0.3, 0.4) is 0 Å². The van der Waals surface area contributed by atoms with E-state index in [4.69, 9.17) is 13.9 Å². The van der Waals surface area contributed by atoms with Crippen LogP contribution < -0.4 is 9.47 Å². The van der Waals surface area contributed by atoms with Crippen LogP contribution in [-0.2, 0) is 0 Å². The van der Waals surface area contributed by atoms with Crippen LogP contribution in [0.5, 0.6) is 11.5 Å². The van der Waals surface area contributed by atoms with Gasteiger partial charge >= 0.3 is 0 Å². The van der Waals surface area contributed by atoms with E-state index >= 15 is 0 Å². The molecule has 34 heavy (non-hydrogen) atoms. The number of carbonyl (C=O) groups excluding carboxylic acids is 2. The van der Waals surface area contributed by atoms with Gasteiger partial charge in [-0.05, 0) is 68.0 Å². The number of para-hydroxylation sites is 1. The van der Waals surface area contributed by atoms with E-state index in [1.165, 1.54) is 0 Å². The van der Waals surface area contributed by atoms with Crippen LogP contribution in [0.1, 0.15) is 47.1 Å². The van der Waals surface area contributed by atoms with E-state index in [1.807, 2.05) is 59.2 Å². The first-order valence-electron chi connectivity index (χ1n) is 11.9. The summed E-state index contributed by atoms with van der Waals surface area (Å²) < 4.78 is 16.7. The van der Waals surface area contributed by atoms with Gasteiger partial charge in [0.2, 0.25) is 0 Å². The summed E-state index contributed by atoms with van der Waals surface area (Å²) in [6.07, 6.45) is 2.74. The number of hydrogen-bond acceptors (Lipinski definition) is 5. The molecule has 0 aliphatic carbocycles. The highest BCUT2D eigenvalue weighted by atomic mass is 16.5. The minimum absolute atomic E-state index is 0.0556. The average molecular weight is 463 g/mol. The second-order valence-corrected chi connectivity index (χ2v) is 9.22. The molecule has 5 rings (SSSR count). The number of fused-ring (bicyclic) bond motifs is 1. The highest BCUT2D eigenvalue weighted by Gasteiger charge is 2.43. The Morgan fingerprint density at radius 1 is 0.971 bits per heavy atom. The molecule has 7 heteroatoms. The molecule has 0 unspecified atom stereocenters. The lowest BCUT2D eigenvalue weighted by molar-refractivity contribution is 0.0560. The summed E-state index contributed by atoms with van der Waals surface area (Å²) in [4.78, 5) is 30.0. The second-order valence-electron chi connectivity index (χ2n) is 9.22. The molecule has 0 atom stereocenters. The number of nitrogens with zero attached hydrogens (tertiary/aromatic N) is 2. The summed E-state index contributed by atoms with van der Waals surface area (Å²) in [7, 11) is 1.59. The van der Waals surface area contributed by atoms with Crippen molar-refractivity contribution in [2.75, 3.05) is 39.9 Å². The molecule has 0 radical (unpaired) electrons. The molecule has 2 fully saturated rings. The topological polar surface area (TPSA) is 72.2 Å². The Hall–Kier alpha value is -3.48. The summed E-state index contributed by atoms with van der Waals surface area (Å²) in [5.74, 6) is 1.72. The van der Waals surface area contributed by atoms with Crippen LogP contribution in [0, 0.1) is 5.41 Å². The molecule has 2 aliphatic heterocycles. The first-order chi connectivity index (χ1) is 16.5. The van der Waals surface area contributed by atoms with Crippen LogP contribution in [-0.4, -0.2) is 61.5 Å². The third kappa shape index (κ3) is 4.11. The monoisotopic (exact) mass is 462 g/mol. The standard InChI is InChI=1S/C27H30N2O5/c1-3-33-21-9-7-19(8-10-21)25(30)28-14-11-27(12-15-28)13-16-29(18-27)26(31)23-17-20-5-4-6-22(32-2)24(20)34-23/h4-10,17H,3,11-16,18H2,1-2H3. The minimum atomic E-state index is -0.0805. The molecule has 3 aromatic rings.